The minimum atomic E-state index is -3.53. The van der Waals surface area contributed by atoms with Gasteiger partial charge in [-0.1, -0.05) is 6.92 Å². The SMILES string of the molecule is CCS(=O)(=O)c1cc(C(=O)NC2CCN(CC3CC3)C2)c(OC)cc1OC. The van der Waals surface area contributed by atoms with Crippen molar-refractivity contribution in [3.63, 3.8) is 0 Å². The molecule has 0 radical (unpaired) electrons. The van der Waals surface area contributed by atoms with Gasteiger partial charge in [-0.05, 0) is 31.2 Å². The second-order valence-corrected chi connectivity index (χ2v) is 9.52. The van der Waals surface area contributed by atoms with E-state index in [1.165, 1.54) is 39.2 Å². The summed E-state index contributed by atoms with van der Waals surface area (Å²) in [6.45, 7) is 4.49. The predicted molar refractivity (Wildman–Crippen MR) is 102 cm³/mol. The number of likely N-dealkylation sites (tertiary alicyclic amines) is 1. The van der Waals surface area contributed by atoms with Crippen LogP contribution in [0.2, 0.25) is 0 Å². The lowest BCUT2D eigenvalue weighted by Crippen LogP contribution is -2.37. The summed E-state index contributed by atoms with van der Waals surface area (Å²) in [5.41, 5.74) is 0.214. The molecule has 1 aliphatic heterocycles. The quantitative estimate of drug-likeness (QED) is 0.720. The molecule has 1 amide bonds. The monoisotopic (exact) mass is 396 g/mol. The fraction of sp³-hybridized carbons (Fsp3) is 0.632. The van der Waals surface area contributed by atoms with E-state index in [1.54, 1.807) is 6.92 Å². The summed E-state index contributed by atoms with van der Waals surface area (Å²) >= 11 is 0. The van der Waals surface area contributed by atoms with Gasteiger partial charge < -0.3 is 19.7 Å². The van der Waals surface area contributed by atoms with Crippen LogP contribution in [0, 0.1) is 5.92 Å². The van der Waals surface area contributed by atoms with Gasteiger partial charge in [-0.15, -0.1) is 0 Å². The Kier molecular flexibility index (Phi) is 5.95. The molecule has 2 fully saturated rings. The van der Waals surface area contributed by atoms with Crippen molar-refractivity contribution in [3.05, 3.63) is 17.7 Å². The van der Waals surface area contributed by atoms with Gasteiger partial charge in [-0.25, -0.2) is 8.42 Å². The Bertz CT molecular complexity index is 805. The Morgan fingerprint density at radius 2 is 1.89 bits per heavy atom. The molecule has 1 unspecified atom stereocenters. The number of amides is 1. The number of nitrogens with one attached hydrogen (secondary N) is 1. The van der Waals surface area contributed by atoms with Crippen LogP contribution in [0.1, 0.15) is 36.5 Å². The Hall–Kier alpha value is -1.80. The molecule has 1 atom stereocenters. The average Bonchev–Trinajstić information content (AvgIpc) is 3.37. The molecule has 0 spiro atoms. The minimum absolute atomic E-state index is 0.0141. The highest BCUT2D eigenvalue weighted by Gasteiger charge is 2.31. The number of rotatable bonds is 8. The largest absolute Gasteiger partial charge is 0.496 e. The second-order valence-electron chi connectivity index (χ2n) is 7.27. The Morgan fingerprint density at radius 3 is 2.48 bits per heavy atom. The molecule has 1 aromatic rings. The van der Waals surface area contributed by atoms with Gasteiger partial charge in [0.05, 0.1) is 25.5 Å². The maximum atomic E-state index is 12.8. The first kappa shape index (κ1) is 19.9. The molecule has 3 rings (SSSR count). The zero-order valence-corrected chi connectivity index (χ0v) is 17.0. The van der Waals surface area contributed by atoms with Gasteiger partial charge in [0.1, 0.15) is 16.4 Å². The number of sulfone groups is 1. The number of ether oxygens (including phenoxy) is 2. The fourth-order valence-corrected chi connectivity index (χ4v) is 4.55. The molecular weight excluding hydrogens is 368 g/mol. The molecule has 1 aliphatic carbocycles. The number of nitrogens with zero attached hydrogens (tertiary/aromatic N) is 1. The minimum Gasteiger partial charge on any atom is -0.496 e. The number of methoxy groups -OCH3 is 2. The molecule has 0 bridgehead atoms. The van der Waals surface area contributed by atoms with Gasteiger partial charge in [0.2, 0.25) is 0 Å². The lowest BCUT2D eigenvalue weighted by Gasteiger charge is -2.18. The average molecular weight is 397 g/mol. The molecule has 8 heteroatoms. The zero-order chi connectivity index (χ0) is 19.6. The summed E-state index contributed by atoms with van der Waals surface area (Å²) in [6, 6.07) is 2.89. The van der Waals surface area contributed by atoms with Crippen molar-refractivity contribution in [2.75, 3.05) is 39.6 Å². The van der Waals surface area contributed by atoms with Crippen LogP contribution in [-0.2, 0) is 9.84 Å². The van der Waals surface area contributed by atoms with Crippen LogP contribution in [0.3, 0.4) is 0 Å². The van der Waals surface area contributed by atoms with Gasteiger partial charge in [-0.2, -0.15) is 0 Å². The molecule has 1 aromatic carbocycles. The van der Waals surface area contributed by atoms with E-state index in [0.717, 1.165) is 32.0 Å². The van der Waals surface area contributed by atoms with Gasteiger partial charge in [0.25, 0.3) is 5.91 Å². The zero-order valence-electron chi connectivity index (χ0n) is 16.2. The smallest absolute Gasteiger partial charge is 0.255 e. The van der Waals surface area contributed by atoms with E-state index >= 15 is 0 Å². The summed E-state index contributed by atoms with van der Waals surface area (Å²) in [5, 5.41) is 3.03. The van der Waals surface area contributed by atoms with Gasteiger partial charge in [0.15, 0.2) is 9.84 Å². The third-order valence-electron chi connectivity index (χ3n) is 5.27. The van der Waals surface area contributed by atoms with E-state index in [4.69, 9.17) is 9.47 Å². The Morgan fingerprint density at radius 1 is 1.19 bits per heavy atom. The van der Waals surface area contributed by atoms with Crippen molar-refractivity contribution in [2.45, 2.75) is 37.1 Å². The summed E-state index contributed by atoms with van der Waals surface area (Å²) in [4.78, 5) is 15.2. The van der Waals surface area contributed by atoms with E-state index in [9.17, 15) is 13.2 Å². The summed E-state index contributed by atoms with van der Waals surface area (Å²) in [6.07, 6.45) is 3.52. The van der Waals surface area contributed by atoms with E-state index in [0.29, 0.717) is 5.75 Å². The number of hydrogen-bond acceptors (Lipinski definition) is 6. The lowest BCUT2D eigenvalue weighted by atomic mass is 10.1. The second kappa shape index (κ2) is 8.06. The number of benzene rings is 1. The summed E-state index contributed by atoms with van der Waals surface area (Å²) < 4.78 is 35.3. The van der Waals surface area contributed by atoms with Crippen molar-refractivity contribution in [2.24, 2.45) is 5.92 Å². The Balaban J connectivity index is 1.79. The lowest BCUT2D eigenvalue weighted by molar-refractivity contribution is 0.0934. The molecule has 1 saturated carbocycles. The first-order valence-corrected chi connectivity index (χ1v) is 11.0. The molecular formula is C19H28N2O5S. The standard InChI is InChI=1S/C19H28N2O5S/c1-4-27(23,24)18-9-15(16(25-2)10-17(18)26-3)19(22)20-14-7-8-21(12-14)11-13-5-6-13/h9-10,13-14H,4-8,11-12H2,1-3H3,(H,20,22). The van der Waals surface area contributed by atoms with Crippen LogP contribution in [0.4, 0.5) is 0 Å². The van der Waals surface area contributed by atoms with Crippen molar-refractivity contribution in [1.29, 1.82) is 0 Å². The third-order valence-corrected chi connectivity index (χ3v) is 7.02. The topological polar surface area (TPSA) is 84.9 Å². The van der Waals surface area contributed by atoms with Crippen LogP contribution in [0.5, 0.6) is 11.5 Å². The maximum absolute atomic E-state index is 12.8. The first-order chi connectivity index (χ1) is 12.9. The molecule has 1 N–H and O–H groups in total. The normalized spacial score (nSPS) is 20.5. The maximum Gasteiger partial charge on any atom is 0.255 e. The van der Waals surface area contributed by atoms with Crippen molar-refractivity contribution >= 4 is 15.7 Å². The number of hydrogen-bond donors (Lipinski definition) is 1. The highest BCUT2D eigenvalue weighted by atomic mass is 32.2. The third kappa shape index (κ3) is 4.55. The first-order valence-electron chi connectivity index (χ1n) is 9.40. The molecule has 2 aliphatic rings. The van der Waals surface area contributed by atoms with Crippen LogP contribution < -0.4 is 14.8 Å². The van der Waals surface area contributed by atoms with Crippen LogP contribution in [0.25, 0.3) is 0 Å². The number of carbonyl (C=O) groups is 1. The van der Waals surface area contributed by atoms with Crippen molar-refractivity contribution in [3.8, 4) is 11.5 Å². The molecule has 1 saturated heterocycles. The Labute approximate surface area is 160 Å². The van der Waals surface area contributed by atoms with Crippen LogP contribution in [0.15, 0.2) is 17.0 Å². The highest BCUT2D eigenvalue weighted by molar-refractivity contribution is 7.91. The van der Waals surface area contributed by atoms with Crippen molar-refractivity contribution < 1.29 is 22.7 Å². The molecule has 0 aromatic heterocycles. The molecule has 27 heavy (non-hydrogen) atoms. The fourth-order valence-electron chi connectivity index (χ4n) is 3.49. The van der Waals surface area contributed by atoms with Crippen LogP contribution >= 0.6 is 0 Å². The van der Waals surface area contributed by atoms with E-state index in [-0.39, 0.29) is 33.9 Å². The molecule has 7 nitrogen and oxygen atoms in total. The molecule has 1 heterocycles. The molecule has 150 valence electrons. The summed E-state index contributed by atoms with van der Waals surface area (Å²) in [5.74, 6) is 0.910. The van der Waals surface area contributed by atoms with E-state index in [2.05, 4.69) is 10.2 Å². The van der Waals surface area contributed by atoms with E-state index in [1.807, 2.05) is 0 Å². The number of carbonyl (C=O) groups excluding carboxylic acids is 1. The highest BCUT2D eigenvalue weighted by Crippen LogP contribution is 2.33. The van der Waals surface area contributed by atoms with Gasteiger partial charge >= 0.3 is 0 Å². The predicted octanol–water partition coefficient (Wildman–Crippen LogP) is 1.71. The van der Waals surface area contributed by atoms with E-state index < -0.39 is 9.84 Å². The summed E-state index contributed by atoms with van der Waals surface area (Å²) in [7, 11) is -0.683. The van der Waals surface area contributed by atoms with Crippen molar-refractivity contribution in [1.82, 2.24) is 10.2 Å². The van der Waals surface area contributed by atoms with Gasteiger partial charge in [0, 0.05) is 31.7 Å². The van der Waals surface area contributed by atoms with Gasteiger partial charge in [-0.3, -0.25) is 4.79 Å². The van der Waals surface area contributed by atoms with Crippen LogP contribution in [-0.4, -0.2) is 64.9 Å².